The van der Waals surface area contributed by atoms with E-state index >= 15 is 0 Å². The third-order valence-corrected chi connectivity index (χ3v) is 15.2. The molecular formula is C40H54F2N6O10S2. The molecule has 2 aliphatic heterocycles. The molecule has 4 atom stereocenters. The number of ether oxygens (including phenoxy) is 4. The van der Waals surface area contributed by atoms with Crippen LogP contribution < -0.4 is 22.8 Å². The summed E-state index contributed by atoms with van der Waals surface area (Å²) in [7, 11) is 0. The number of hydrogen-bond acceptors (Lipinski definition) is 16. The number of thioether (sulfide) groups is 2. The molecule has 0 aromatic carbocycles. The Hall–Kier alpha value is -3.88. The number of hydrogen-bond donors (Lipinski definition) is 2. The average Bonchev–Trinajstić information content (AvgIpc) is 3.85. The Morgan fingerprint density at radius 2 is 1.05 bits per heavy atom. The maximum Gasteiger partial charge on any atom is 0.357 e. The van der Waals surface area contributed by atoms with Crippen molar-refractivity contribution in [2.75, 3.05) is 23.0 Å². The summed E-state index contributed by atoms with van der Waals surface area (Å²) in [5.41, 5.74) is 7.62. The van der Waals surface area contributed by atoms with E-state index in [0.717, 1.165) is 83.6 Å². The molecule has 2 aromatic heterocycles. The number of nitrogens with zero attached hydrogens (tertiary/aromatic N) is 4. The van der Waals surface area contributed by atoms with Gasteiger partial charge in [0.15, 0.2) is 23.3 Å². The predicted octanol–water partition coefficient (Wildman–Crippen LogP) is 5.77. The second kappa shape index (κ2) is 18.2. The van der Waals surface area contributed by atoms with Gasteiger partial charge in [-0.2, -0.15) is 9.97 Å². The van der Waals surface area contributed by atoms with Crippen LogP contribution in [-0.4, -0.2) is 64.4 Å². The number of anilines is 2. The van der Waals surface area contributed by atoms with E-state index in [1.54, 1.807) is 0 Å². The Bertz CT molecular complexity index is 1940. The lowest BCUT2D eigenvalue weighted by Crippen LogP contribution is -2.55. The minimum absolute atomic E-state index is 0.0297. The fourth-order valence-corrected chi connectivity index (χ4v) is 12.8. The van der Waals surface area contributed by atoms with Gasteiger partial charge in [-0.3, -0.25) is 18.7 Å². The minimum Gasteiger partial charge on any atom is -0.390 e. The summed E-state index contributed by atoms with van der Waals surface area (Å²) >= 11 is 2.16. The van der Waals surface area contributed by atoms with Crippen molar-refractivity contribution in [2.24, 2.45) is 22.7 Å². The molecule has 60 heavy (non-hydrogen) atoms. The van der Waals surface area contributed by atoms with Crippen LogP contribution in [0.25, 0.3) is 0 Å². The number of rotatable bonds is 13. The van der Waals surface area contributed by atoms with E-state index in [1.807, 2.05) is 27.7 Å². The molecule has 330 valence electrons. The summed E-state index contributed by atoms with van der Waals surface area (Å²) in [6, 6.07) is 0. The number of nitrogen functional groups attached to an aromatic ring is 2. The molecule has 0 amide bonds. The van der Waals surface area contributed by atoms with Crippen molar-refractivity contribution < 1.29 is 46.9 Å². The second-order valence-corrected chi connectivity index (χ2v) is 19.6. The molecule has 2 saturated heterocycles. The minimum atomic E-state index is -1.78. The van der Waals surface area contributed by atoms with Crippen molar-refractivity contribution in [3.05, 3.63) is 45.0 Å². The van der Waals surface area contributed by atoms with Crippen molar-refractivity contribution in [3.8, 4) is 0 Å². The van der Waals surface area contributed by atoms with Crippen molar-refractivity contribution in [3.63, 3.8) is 0 Å². The smallest absolute Gasteiger partial charge is 0.357 e. The van der Waals surface area contributed by atoms with Gasteiger partial charge in [-0.05, 0) is 50.4 Å². The van der Waals surface area contributed by atoms with Crippen LogP contribution in [-0.2, 0) is 38.1 Å². The van der Waals surface area contributed by atoms with Gasteiger partial charge in [-0.1, -0.05) is 66.2 Å². The standard InChI is InChI=1S/C40H54F2N6O10S2/c1-23(2)17-37(13-7-5-8-14-37)39(57-27(21-59-39)47-19-25(41)31(43)45-35(47)53)33(51)55-29(49)11-12-30(50)56-34(52)40(38(18-24(3)4)15-9-6-10-16-38)58-28(22-60-40)48-20-26(42)32(44)46-36(48)54/h19-20,23-24,27-28H,5-18,21-22H2,1-4H3,(H2,43,45,53)(H2,44,46,54)/t27-,28-,39-,40-/m0/s1. The third-order valence-electron chi connectivity index (χ3n) is 12.1. The van der Waals surface area contributed by atoms with Crippen LogP contribution in [0.15, 0.2) is 22.0 Å². The lowest BCUT2D eigenvalue weighted by molar-refractivity contribution is -0.194. The van der Waals surface area contributed by atoms with Crippen LogP contribution in [0, 0.1) is 34.3 Å². The first-order chi connectivity index (χ1) is 28.4. The Balaban J connectivity index is 1.20. The molecule has 4 heterocycles. The average molecular weight is 881 g/mol. The first kappa shape index (κ1) is 45.6. The van der Waals surface area contributed by atoms with Crippen LogP contribution in [0.3, 0.4) is 0 Å². The number of halogens is 2. The molecule has 2 saturated carbocycles. The Labute approximate surface area is 354 Å². The van der Waals surface area contributed by atoms with Crippen molar-refractivity contribution in [1.29, 1.82) is 0 Å². The topological polar surface area (TPSA) is 227 Å². The molecule has 2 aromatic rings. The Morgan fingerprint density at radius 3 is 1.38 bits per heavy atom. The van der Waals surface area contributed by atoms with E-state index in [9.17, 15) is 37.5 Å². The van der Waals surface area contributed by atoms with E-state index in [-0.39, 0.29) is 23.3 Å². The number of nitrogens with two attached hydrogens (primary N) is 2. The van der Waals surface area contributed by atoms with Gasteiger partial charge >= 0.3 is 35.3 Å². The normalized spacial score (nSPS) is 26.3. The van der Waals surface area contributed by atoms with Crippen LogP contribution in [0.2, 0.25) is 0 Å². The molecule has 20 heteroatoms. The number of aromatic nitrogens is 4. The highest BCUT2D eigenvalue weighted by Crippen LogP contribution is 2.62. The van der Waals surface area contributed by atoms with Crippen LogP contribution >= 0.6 is 23.5 Å². The fraction of sp³-hybridized carbons (Fsp3) is 0.700. The van der Waals surface area contributed by atoms with Gasteiger partial charge < -0.3 is 30.4 Å². The fourth-order valence-electron chi connectivity index (χ4n) is 9.70. The molecule has 0 bridgehead atoms. The van der Waals surface area contributed by atoms with Gasteiger partial charge in [0.2, 0.25) is 9.87 Å². The van der Waals surface area contributed by atoms with E-state index in [1.165, 1.54) is 0 Å². The monoisotopic (exact) mass is 880 g/mol. The molecular weight excluding hydrogens is 827 g/mol. The summed E-state index contributed by atoms with van der Waals surface area (Å²) in [6.07, 6.45) is 6.41. The molecule has 0 radical (unpaired) electrons. The SMILES string of the molecule is CC(C)CC1([C@@]2(C(=O)OC(=O)CCC(=O)OC(=O)[C@]3(C4(CC(C)C)CCCCC4)O[C@H](n4cc(F)c(N)nc4=O)CS3)O[C@H](n3cc(F)c(N)nc3=O)CS2)CCCCC1. The van der Waals surface area contributed by atoms with E-state index in [4.69, 9.17) is 30.4 Å². The summed E-state index contributed by atoms with van der Waals surface area (Å²) in [5, 5.41) is 0. The molecule has 4 fully saturated rings. The Morgan fingerprint density at radius 1 is 0.700 bits per heavy atom. The number of carbonyl (C=O) groups is 4. The first-order valence-corrected chi connectivity index (χ1v) is 22.6. The van der Waals surface area contributed by atoms with Gasteiger partial charge in [0.1, 0.15) is 12.5 Å². The lowest BCUT2D eigenvalue weighted by atomic mass is 9.65. The van der Waals surface area contributed by atoms with E-state index < -0.39 is 105 Å². The molecule has 2 aliphatic carbocycles. The van der Waals surface area contributed by atoms with Crippen molar-refractivity contribution in [1.82, 2.24) is 19.1 Å². The summed E-state index contributed by atoms with van der Waals surface area (Å²) in [5.74, 6) is -6.98. The predicted molar refractivity (Wildman–Crippen MR) is 218 cm³/mol. The van der Waals surface area contributed by atoms with Crippen molar-refractivity contribution >= 4 is 59.0 Å². The van der Waals surface area contributed by atoms with Gasteiger partial charge in [0.25, 0.3) is 0 Å². The summed E-state index contributed by atoms with van der Waals surface area (Å²) < 4.78 is 54.7. The number of esters is 4. The molecule has 4 aliphatic rings. The molecule has 16 nitrogen and oxygen atoms in total. The molecule has 0 unspecified atom stereocenters. The quantitative estimate of drug-likeness (QED) is 0.180. The number of carbonyl (C=O) groups excluding carboxylic acids is 4. The zero-order chi connectivity index (χ0) is 43.6. The summed E-state index contributed by atoms with van der Waals surface area (Å²) in [4.78, 5) is 84.7. The molecule has 4 N–H and O–H groups in total. The van der Waals surface area contributed by atoms with Crippen molar-refractivity contribution in [2.45, 2.75) is 140 Å². The molecule has 6 rings (SSSR count). The van der Waals surface area contributed by atoms with Crippen LogP contribution in [0.5, 0.6) is 0 Å². The third kappa shape index (κ3) is 8.88. The van der Waals surface area contributed by atoms with E-state index in [2.05, 4.69) is 9.97 Å². The second-order valence-electron chi connectivity index (χ2n) is 17.2. The van der Waals surface area contributed by atoms with Gasteiger partial charge in [-0.25, -0.2) is 28.0 Å². The maximum atomic E-state index is 14.5. The summed E-state index contributed by atoms with van der Waals surface area (Å²) in [6.45, 7) is 8.01. The van der Waals surface area contributed by atoms with E-state index in [0.29, 0.717) is 38.5 Å². The first-order valence-electron chi connectivity index (χ1n) is 20.6. The largest absolute Gasteiger partial charge is 0.390 e. The zero-order valence-electron chi connectivity index (χ0n) is 34.4. The lowest BCUT2D eigenvalue weighted by Gasteiger charge is -2.48. The zero-order valence-corrected chi connectivity index (χ0v) is 36.0. The maximum absolute atomic E-state index is 14.5. The van der Waals surface area contributed by atoms with Gasteiger partial charge in [0.05, 0.1) is 25.2 Å². The van der Waals surface area contributed by atoms with Gasteiger partial charge in [-0.15, -0.1) is 23.5 Å². The highest BCUT2D eigenvalue weighted by molar-refractivity contribution is 8.01. The van der Waals surface area contributed by atoms with Gasteiger partial charge in [0, 0.05) is 22.3 Å². The van der Waals surface area contributed by atoms with Crippen LogP contribution in [0.4, 0.5) is 20.4 Å². The highest BCUT2D eigenvalue weighted by atomic mass is 32.2. The molecule has 0 spiro atoms. The Kier molecular flexibility index (Phi) is 13.9. The van der Waals surface area contributed by atoms with Crippen LogP contribution in [0.1, 0.15) is 130 Å². The highest BCUT2D eigenvalue weighted by Gasteiger charge is 2.65.